The maximum absolute atomic E-state index is 11.2. The van der Waals surface area contributed by atoms with Gasteiger partial charge in [-0.05, 0) is 0 Å². The molecule has 9 heteroatoms. The Bertz CT molecular complexity index is 582. The van der Waals surface area contributed by atoms with Gasteiger partial charge in [-0.15, -0.1) is 0 Å². The average molecular weight is 313 g/mol. The molecule has 0 bridgehead atoms. The van der Waals surface area contributed by atoms with Crippen molar-refractivity contribution in [2.45, 2.75) is 20.1 Å². The Labute approximate surface area is 125 Å². The van der Waals surface area contributed by atoms with Gasteiger partial charge in [-0.3, -0.25) is 19.7 Å². The summed E-state index contributed by atoms with van der Waals surface area (Å²) in [5, 5.41) is 11.2. The molecule has 0 atom stereocenters. The van der Waals surface area contributed by atoms with Crippen molar-refractivity contribution in [3.05, 3.63) is 27.8 Å². The van der Waals surface area contributed by atoms with Crippen LogP contribution in [0.2, 0.25) is 0 Å². The molecule has 0 saturated carbocycles. The number of hydrogen-bond acceptors (Lipinski definition) is 8. The fraction of sp³-hybridized carbons (Fsp3) is 0.385. The number of rotatable bonds is 6. The monoisotopic (exact) mass is 313 g/mol. The van der Waals surface area contributed by atoms with E-state index in [0.717, 1.165) is 19.9 Å². The maximum atomic E-state index is 11.2. The average Bonchev–Trinajstić information content (AvgIpc) is 2.43. The second-order valence-corrected chi connectivity index (χ2v) is 4.07. The third kappa shape index (κ3) is 4.08. The van der Waals surface area contributed by atoms with Crippen molar-refractivity contribution in [1.82, 2.24) is 0 Å². The summed E-state index contributed by atoms with van der Waals surface area (Å²) in [4.78, 5) is 32.7. The topological polar surface area (TPSA) is 114 Å². The summed E-state index contributed by atoms with van der Waals surface area (Å²) in [7, 11) is 2.65. The first-order chi connectivity index (χ1) is 10.3. The van der Waals surface area contributed by atoms with Gasteiger partial charge < -0.3 is 18.9 Å². The second kappa shape index (κ2) is 7.25. The zero-order chi connectivity index (χ0) is 16.9. The minimum Gasteiger partial charge on any atom is -0.493 e. The van der Waals surface area contributed by atoms with Gasteiger partial charge in [0.15, 0.2) is 11.5 Å². The highest BCUT2D eigenvalue weighted by molar-refractivity contribution is 5.69. The molecule has 0 fully saturated rings. The number of esters is 2. The number of ether oxygens (including phenoxy) is 4. The highest BCUT2D eigenvalue weighted by atomic mass is 16.7. The molecule has 0 saturated heterocycles. The summed E-state index contributed by atoms with van der Waals surface area (Å²) in [6.07, 6.45) is -1.56. The van der Waals surface area contributed by atoms with Crippen LogP contribution in [0.15, 0.2) is 12.1 Å². The third-order valence-corrected chi connectivity index (χ3v) is 2.53. The van der Waals surface area contributed by atoms with E-state index >= 15 is 0 Å². The Kier molecular flexibility index (Phi) is 5.67. The number of carbonyl (C=O) groups excluding carboxylic acids is 2. The van der Waals surface area contributed by atoms with Gasteiger partial charge in [-0.2, -0.15) is 0 Å². The van der Waals surface area contributed by atoms with E-state index in [4.69, 9.17) is 18.9 Å². The summed E-state index contributed by atoms with van der Waals surface area (Å²) >= 11 is 0. The lowest BCUT2D eigenvalue weighted by atomic mass is 10.1. The quantitative estimate of drug-likeness (QED) is 0.337. The van der Waals surface area contributed by atoms with E-state index in [-0.39, 0.29) is 17.1 Å². The van der Waals surface area contributed by atoms with Crippen LogP contribution in [0.25, 0.3) is 0 Å². The van der Waals surface area contributed by atoms with Crippen molar-refractivity contribution >= 4 is 17.6 Å². The van der Waals surface area contributed by atoms with Gasteiger partial charge in [0.2, 0.25) is 0 Å². The Balaban J connectivity index is 3.46. The van der Waals surface area contributed by atoms with Crippen LogP contribution < -0.4 is 9.47 Å². The van der Waals surface area contributed by atoms with Crippen LogP contribution in [0.4, 0.5) is 5.69 Å². The van der Waals surface area contributed by atoms with Gasteiger partial charge in [0.25, 0.3) is 12.0 Å². The molecular weight excluding hydrogens is 298 g/mol. The first kappa shape index (κ1) is 17.2. The molecule has 0 aromatic heterocycles. The molecule has 0 radical (unpaired) electrons. The zero-order valence-electron chi connectivity index (χ0n) is 12.4. The third-order valence-electron chi connectivity index (χ3n) is 2.53. The number of carbonyl (C=O) groups is 2. The maximum Gasteiger partial charge on any atom is 0.305 e. The smallest absolute Gasteiger partial charge is 0.305 e. The number of nitro groups is 1. The van der Waals surface area contributed by atoms with Crippen molar-refractivity contribution in [2.75, 3.05) is 14.2 Å². The Morgan fingerprint density at radius 2 is 1.50 bits per heavy atom. The molecule has 120 valence electrons. The first-order valence-electron chi connectivity index (χ1n) is 6.04. The number of hydrogen-bond donors (Lipinski definition) is 0. The summed E-state index contributed by atoms with van der Waals surface area (Å²) in [6, 6.07) is 2.31. The van der Waals surface area contributed by atoms with E-state index in [1.807, 2.05) is 0 Å². The SMILES string of the molecule is COc1cc(C(OC(C)=O)OC(C)=O)c([N+](=O)[O-])cc1OC. The van der Waals surface area contributed by atoms with E-state index < -0.39 is 28.8 Å². The fourth-order valence-corrected chi connectivity index (χ4v) is 1.68. The molecule has 0 aliphatic heterocycles. The first-order valence-corrected chi connectivity index (χ1v) is 6.04. The van der Waals surface area contributed by atoms with Crippen LogP contribution in [-0.2, 0) is 19.1 Å². The van der Waals surface area contributed by atoms with Gasteiger partial charge in [0, 0.05) is 19.9 Å². The van der Waals surface area contributed by atoms with Gasteiger partial charge >= 0.3 is 11.9 Å². The summed E-state index contributed by atoms with van der Waals surface area (Å²) in [5.41, 5.74) is -0.585. The summed E-state index contributed by atoms with van der Waals surface area (Å²) in [6.45, 7) is 2.17. The van der Waals surface area contributed by atoms with Crippen molar-refractivity contribution < 1.29 is 33.5 Å². The number of nitrogens with zero attached hydrogens (tertiary/aromatic N) is 1. The molecule has 0 spiro atoms. The zero-order valence-corrected chi connectivity index (χ0v) is 12.4. The number of methoxy groups -OCH3 is 2. The van der Waals surface area contributed by atoms with Crippen LogP contribution >= 0.6 is 0 Å². The van der Waals surface area contributed by atoms with Gasteiger partial charge in [0.1, 0.15) is 5.56 Å². The lowest BCUT2D eigenvalue weighted by molar-refractivity contribution is -0.386. The van der Waals surface area contributed by atoms with Gasteiger partial charge in [-0.1, -0.05) is 0 Å². The number of nitro benzene ring substituents is 1. The molecule has 0 amide bonds. The van der Waals surface area contributed by atoms with E-state index in [0.29, 0.717) is 0 Å². The van der Waals surface area contributed by atoms with Crippen LogP contribution in [0.1, 0.15) is 25.7 Å². The minimum absolute atomic E-state index is 0.113. The van der Waals surface area contributed by atoms with Crippen molar-refractivity contribution in [3.63, 3.8) is 0 Å². The molecule has 0 aliphatic carbocycles. The van der Waals surface area contributed by atoms with Gasteiger partial charge in [-0.25, -0.2) is 0 Å². The second-order valence-electron chi connectivity index (χ2n) is 4.07. The molecule has 0 unspecified atom stereocenters. The lowest BCUT2D eigenvalue weighted by Crippen LogP contribution is -2.16. The van der Waals surface area contributed by atoms with E-state index in [1.165, 1.54) is 20.3 Å². The Morgan fingerprint density at radius 1 is 1.05 bits per heavy atom. The summed E-state index contributed by atoms with van der Waals surface area (Å²) in [5.74, 6) is -1.26. The van der Waals surface area contributed by atoms with E-state index in [2.05, 4.69) is 0 Å². The standard InChI is InChI=1S/C13H15NO8/c1-7(15)21-13(22-8(2)16)9-5-11(19-3)12(20-4)6-10(9)14(17)18/h5-6,13H,1-4H3. The van der Waals surface area contributed by atoms with Crippen molar-refractivity contribution in [3.8, 4) is 11.5 Å². The predicted octanol–water partition coefficient (Wildman–Crippen LogP) is 1.74. The highest BCUT2D eigenvalue weighted by Crippen LogP contribution is 2.38. The van der Waals surface area contributed by atoms with Crippen LogP contribution in [0.5, 0.6) is 11.5 Å². The van der Waals surface area contributed by atoms with Crippen LogP contribution in [-0.4, -0.2) is 31.1 Å². The molecule has 9 nitrogen and oxygen atoms in total. The minimum atomic E-state index is -1.56. The molecule has 1 aromatic carbocycles. The highest BCUT2D eigenvalue weighted by Gasteiger charge is 2.30. The largest absolute Gasteiger partial charge is 0.493 e. The molecule has 22 heavy (non-hydrogen) atoms. The molecule has 0 heterocycles. The summed E-state index contributed by atoms with van der Waals surface area (Å²) < 4.78 is 19.7. The van der Waals surface area contributed by atoms with E-state index in [9.17, 15) is 19.7 Å². The molecule has 0 aliphatic rings. The Hall–Kier alpha value is -2.84. The number of benzene rings is 1. The Morgan fingerprint density at radius 3 is 1.86 bits per heavy atom. The molecule has 0 N–H and O–H groups in total. The van der Waals surface area contributed by atoms with Crippen LogP contribution in [0.3, 0.4) is 0 Å². The molecule has 1 aromatic rings. The fourth-order valence-electron chi connectivity index (χ4n) is 1.68. The lowest BCUT2D eigenvalue weighted by Gasteiger charge is -2.18. The van der Waals surface area contributed by atoms with Crippen molar-refractivity contribution in [2.24, 2.45) is 0 Å². The normalized spacial score (nSPS) is 10.0. The predicted molar refractivity (Wildman–Crippen MR) is 72.5 cm³/mol. The van der Waals surface area contributed by atoms with E-state index in [1.54, 1.807) is 0 Å². The van der Waals surface area contributed by atoms with Crippen molar-refractivity contribution in [1.29, 1.82) is 0 Å². The molecule has 1 rings (SSSR count). The van der Waals surface area contributed by atoms with Gasteiger partial charge in [0.05, 0.1) is 25.2 Å². The molecular formula is C13H15NO8. The van der Waals surface area contributed by atoms with Crippen LogP contribution in [0, 0.1) is 10.1 Å².